The van der Waals surface area contributed by atoms with Crippen LogP contribution in [0, 0.1) is 0 Å². The quantitative estimate of drug-likeness (QED) is 0.744. The van der Waals surface area contributed by atoms with Gasteiger partial charge in [0.25, 0.3) is 5.91 Å². The Labute approximate surface area is 111 Å². The van der Waals surface area contributed by atoms with Crippen LogP contribution in [0.2, 0.25) is 0 Å². The molecule has 1 amide bonds. The van der Waals surface area contributed by atoms with E-state index in [1.807, 2.05) is 12.1 Å². The zero-order chi connectivity index (χ0) is 13.4. The summed E-state index contributed by atoms with van der Waals surface area (Å²) in [5.41, 5.74) is 2.30. The first-order chi connectivity index (χ1) is 9.20. The van der Waals surface area contributed by atoms with Crippen LogP contribution in [0.15, 0.2) is 18.2 Å². The molecule has 5 nitrogen and oxygen atoms in total. The highest BCUT2D eigenvalue weighted by Gasteiger charge is 2.30. The number of nitrogens with one attached hydrogen (secondary N) is 1. The summed E-state index contributed by atoms with van der Waals surface area (Å²) in [6.45, 7) is 1.06. The van der Waals surface area contributed by atoms with E-state index >= 15 is 0 Å². The second-order valence-corrected chi connectivity index (χ2v) is 5.19. The molecular formula is C14H18N2O3. The number of amides is 1. The number of anilines is 2. The third-order valence-corrected chi connectivity index (χ3v) is 4.01. The molecule has 3 rings (SSSR count). The molecule has 1 fully saturated rings. The van der Waals surface area contributed by atoms with Crippen LogP contribution in [-0.4, -0.2) is 35.3 Å². The minimum Gasteiger partial charge on any atom is -0.394 e. The van der Waals surface area contributed by atoms with Crippen LogP contribution in [0.4, 0.5) is 11.4 Å². The SMILES string of the molecule is O=C1Nc2cc(N3CCCCC3CO)ccc2C1O. The highest BCUT2D eigenvalue weighted by atomic mass is 16.3. The third-order valence-electron chi connectivity index (χ3n) is 4.01. The van der Waals surface area contributed by atoms with Crippen molar-refractivity contribution in [3.8, 4) is 0 Å². The summed E-state index contributed by atoms with van der Waals surface area (Å²) in [5.74, 6) is -0.371. The number of benzene rings is 1. The highest BCUT2D eigenvalue weighted by molar-refractivity contribution is 6.02. The lowest BCUT2D eigenvalue weighted by Gasteiger charge is -2.36. The molecule has 2 aliphatic heterocycles. The van der Waals surface area contributed by atoms with E-state index in [9.17, 15) is 15.0 Å². The van der Waals surface area contributed by atoms with E-state index in [4.69, 9.17) is 0 Å². The van der Waals surface area contributed by atoms with Gasteiger partial charge in [-0.15, -0.1) is 0 Å². The standard InChI is InChI=1S/C14H18N2O3/c17-8-10-3-1-2-6-16(10)9-4-5-11-12(7-9)15-14(19)13(11)18/h4-5,7,10,13,17-18H,1-3,6,8H2,(H,15,19). The van der Waals surface area contributed by atoms with Crippen molar-refractivity contribution in [3.05, 3.63) is 23.8 Å². The van der Waals surface area contributed by atoms with Gasteiger partial charge in [-0.1, -0.05) is 6.07 Å². The Morgan fingerprint density at radius 2 is 2.21 bits per heavy atom. The van der Waals surface area contributed by atoms with Crippen molar-refractivity contribution < 1.29 is 15.0 Å². The Bertz CT molecular complexity index is 503. The summed E-state index contributed by atoms with van der Waals surface area (Å²) < 4.78 is 0. The van der Waals surface area contributed by atoms with Gasteiger partial charge < -0.3 is 20.4 Å². The molecule has 2 heterocycles. The molecule has 2 unspecified atom stereocenters. The maximum absolute atomic E-state index is 11.4. The molecule has 0 saturated carbocycles. The summed E-state index contributed by atoms with van der Waals surface area (Å²) in [6.07, 6.45) is 2.19. The zero-order valence-electron chi connectivity index (χ0n) is 10.7. The van der Waals surface area contributed by atoms with E-state index in [0.717, 1.165) is 31.5 Å². The third kappa shape index (κ3) is 2.09. The normalized spacial score (nSPS) is 26.2. The summed E-state index contributed by atoms with van der Waals surface area (Å²) in [4.78, 5) is 13.6. The predicted molar refractivity (Wildman–Crippen MR) is 72.1 cm³/mol. The maximum Gasteiger partial charge on any atom is 0.257 e. The lowest BCUT2D eigenvalue weighted by atomic mass is 10.0. The molecule has 5 heteroatoms. The first kappa shape index (κ1) is 12.4. The number of hydrogen-bond acceptors (Lipinski definition) is 4. The van der Waals surface area contributed by atoms with Crippen LogP contribution in [0.5, 0.6) is 0 Å². The van der Waals surface area contributed by atoms with Crippen LogP contribution < -0.4 is 10.2 Å². The van der Waals surface area contributed by atoms with Crippen molar-refractivity contribution in [2.45, 2.75) is 31.4 Å². The van der Waals surface area contributed by atoms with Gasteiger partial charge in [-0.05, 0) is 31.4 Å². The van der Waals surface area contributed by atoms with Gasteiger partial charge in [0.15, 0.2) is 6.10 Å². The van der Waals surface area contributed by atoms with E-state index in [-0.39, 0.29) is 18.6 Å². The molecule has 0 radical (unpaired) electrons. The van der Waals surface area contributed by atoms with Gasteiger partial charge in [0, 0.05) is 23.5 Å². The molecule has 2 atom stereocenters. The number of aliphatic hydroxyl groups is 2. The van der Waals surface area contributed by atoms with Crippen LogP contribution in [-0.2, 0) is 4.79 Å². The van der Waals surface area contributed by atoms with Crippen molar-refractivity contribution >= 4 is 17.3 Å². The topological polar surface area (TPSA) is 72.8 Å². The molecule has 1 aromatic rings. The van der Waals surface area contributed by atoms with E-state index in [1.165, 1.54) is 0 Å². The molecule has 0 bridgehead atoms. The lowest BCUT2D eigenvalue weighted by Crippen LogP contribution is -2.41. The van der Waals surface area contributed by atoms with Gasteiger partial charge >= 0.3 is 0 Å². The zero-order valence-corrected chi connectivity index (χ0v) is 10.7. The average Bonchev–Trinajstić information content (AvgIpc) is 2.73. The molecule has 1 aromatic carbocycles. The number of nitrogens with zero attached hydrogens (tertiary/aromatic N) is 1. The van der Waals surface area contributed by atoms with Crippen molar-refractivity contribution in [3.63, 3.8) is 0 Å². The van der Waals surface area contributed by atoms with E-state index < -0.39 is 6.10 Å². The number of hydrogen-bond donors (Lipinski definition) is 3. The van der Waals surface area contributed by atoms with Gasteiger partial charge in [-0.3, -0.25) is 4.79 Å². The Morgan fingerprint density at radius 1 is 1.37 bits per heavy atom. The van der Waals surface area contributed by atoms with Crippen molar-refractivity contribution in [2.24, 2.45) is 0 Å². The van der Waals surface area contributed by atoms with Crippen molar-refractivity contribution in [1.82, 2.24) is 0 Å². The van der Waals surface area contributed by atoms with E-state index in [0.29, 0.717) is 11.3 Å². The highest BCUT2D eigenvalue weighted by Crippen LogP contribution is 2.35. The number of piperidine rings is 1. The number of fused-ring (bicyclic) bond motifs is 1. The summed E-state index contributed by atoms with van der Waals surface area (Å²) in [5, 5.41) is 21.8. The Morgan fingerprint density at radius 3 is 3.00 bits per heavy atom. The van der Waals surface area contributed by atoms with Crippen molar-refractivity contribution in [1.29, 1.82) is 0 Å². The Kier molecular flexibility index (Phi) is 3.16. The number of carbonyl (C=O) groups excluding carboxylic acids is 1. The van der Waals surface area contributed by atoms with Gasteiger partial charge in [0.1, 0.15) is 0 Å². The van der Waals surface area contributed by atoms with Crippen LogP contribution >= 0.6 is 0 Å². The first-order valence-corrected chi connectivity index (χ1v) is 6.71. The molecule has 2 aliphatic rings. The summed E-state index contributed by atoms with van der Waals surface area (Å²) >= 11 is 0. The fraction of sp³-hybridized carbons (Fsp3) is 0.500. The lowest BCUT2D eigenvalue weighted by molar-refractivity contribution is -0.123. The second-order valence-electron chi connectivity index (χ2n) is 5.19. The Balaban J connectivity index is 1.90. The summed E-state index contributed by atoms with van der Waals surface area (Å²) in [6, 6.07) is 5.73. The molecule has 19 heavy (non-hydrogen) atoms. The average molecular weight is 262 g/mol. The number of carbonyl (C=O) groups is 1. The van der Waals surface area contributed by atoms with Crippen LogP contribution in [0.3, 0.4) is 0 Å². The van der Waals surface area contributed by atoms with E-state index in [2.05, 4.69) is 10.2 Å². The minimum atomic E-state index is -1.06. The predicted octanol–water partition coefficient (Wildman–Crippen LogP) is 1.02. The Hall–Kier alpha value is -1.59. The first-order valence-electron chi connectivity index (χ1n) is 6.71. The molecule has 3 N–H and O–H groups in total. The van der Waals surface area contributed by atoms with Gasteiger partial charge in [0.05, 0.1) is 12.6 Å². The molecule has 102 valence electrons. The smallest absolute Gasteiger partial charge is 0.257 e. The van der Waals surface area contributed by atoms with Crippen LogP contribution in [0.1, 0.15) is 30.9 Å². The fourth-order valence-electron chi connectivity index (χ4n) is 2.94. The summed E-state index contributed by atoms with van der Waals surface area (Å²) in [7, 11) is 0. The van der Waals surface area contributed by atoms with E-state index in [1.54, 1.807) is 6.07 Å². The molecule has 1 saturated heterocycles. The molecular weight excluding hydrogens is 244 g/mol. The maximum atomic E-state index is 11.4. The van der Waals surface area contributed by atoms with Gasteiger partial charge in [-0.2, -0.15) is 0 Å². The largest absolute Gasteiger partial charge is 0.394 e. The number of rotatable bonds is 2. The van der Waals surface area contributed by atoms with Crippen molar-refractivity contribution in [2.75, 3.05) is 23.4 Å². The van der Waals surface area contributed by atoms with Gasteiger partial charge in [0.2, 0.25) is 0 Å². The molecule has 0 aromatic heterocycles. The second kappa shape index (κ2) is 4.83. The van der Waals surface area contributed by atoms with Gasteiger partial charge in [-0.25, -0.2) is 0 Å². The monoisotopic (exact) mass is 262 g/mol. The number of aliphatic hydroxyl groups excluding tert-OH is 2. The van der Waals surface area contributed by atoms with Crippen LogP contribution in [0.25, 0.3) is 0 Å². The fourth-order valence-corrected chi connectivity index (χ4v) is 2.94. The molecule has 0 spiro atoms. The minimum absolute atomic E-state index is 0.145. The molecule has 0 aliphatic carbocycles.